The second-order valence-corrected chi connectivity index (χ2v) is 7.04. The van der Waals surface area contributed by atoms with Crippen LogP contribution in [0.2, 0.25) is 0 Å². The number of amides is 1. The first-order chi connectivity index (χ1) is 13.7. The number of hydrogen-bond acceptors (Lipinski definition) is 6. The number of hydrogen-bond donors (Lipinski definition) is 2. The lowest BCUT2D eigenvalue weighted by atomic mass is 10.1. The Balaban J connectivity index is 1.38. The fourth-order valence-electron chi connectivity index (χ4n) is 3.36. The maximum Gasteiger partial charge on any atom is 0.226 e. The van der Waals surface area contributed by atoms with Gasteiger partial charge < -0.3 is 20.1 Å². The van der Waals surface area contributed by atoms with Crippen molar-refractivity contribution in [2.24, 2.45) is 4.99 Å². The van der Waals surface area contributed by atoms with E-state index < -0.39 is 0 Å². The molecule has 4 rings (SSSR count). The number of fused-ring (bicyclic) bond motifs is 1. The van der Waals surface area contributed by atoms with E-state index in [4.69, 9.17) is 9.47 Å². The normalized spacial score (nSPS) is 16.7. The van der Waals surface area contributed by atoms with Crippen molar-refractivity contribution in [2.75, 3.05) is 26.9 Å². The maximum absolute atomic E-state index is 12.6. The van der Waals surface area contributed by atoms with Gasteiger partial charge in [-0.3, -0.25) is 14.8 Å². The topological polar surface area (TPSA) is 84.8 Å². The molecule has 7 heteroatoms. The van der Waals surface area contributed by atoms with E-state index in [-0.39, 0.29) is 18.4 Å². The van der Waals surface area contributed by atoms with Gasteiger partial charge in [-0.25, -0.2) is 0 Å². The number of benzene rings is 1. The van der Waals surface area contributed by atoms with Gasteiger partial charge in [-0.05, 0) is 17.2 Å². The number of methoxy groups -OCH3 is 1. The predicted octanol–water partition coefficient (Wildman–Crippen LogP) is 1.38. The molecule has 28 heavy (non-hydrogen) atoms. The predicted molar refractivity (Wildman–Crippen MR) is 105 cm³/mol. The Labute approximate surface area is 164 Å². The van der Waals surface area contributed by atoms with Crippen LogP contribution in [-0.2, 0) is 27.2 Å². The number of carbonyl (C=O) groups excluding carboxylic acids is 1. The lowest BCUT2D eigenvalue weighted by Gasteiger charge is -2.27. The Morgan fingerprint density at radius 3 is 2.86 bits per heavy atom. The third kappa shape index (κ3) is 4.21. The van der Waals surface area contributed by atoms with Crippen molar-refractivity contribution in [3.8, 4) is 0 Å². The molecule has 7 nitrogen and oxygen atoms in total. The highest BCUT2D eigenvalue weighted by molar-refractivity contribution is 6.02. The molecule has 2 aromatic rings. The van der Waals surface area contributed by atoms with Crippen molar-refractivity contribution in [2.45, 2.75) is 25.0 Å². The van der Waals surface area contributed by atoms with Crippen LogP contribution in [0.15, 0.2) is 47.6 Å². The SMILES string of the molecule is COC[C@@H](NC(=O)Cc1cc2c(cn1)C(NC1COC1)=NC2)c1ccccc1. The zero-order valence-corrected chi connectivity index (χ0v) is 15.9. The number of aliphatic imine (C=N–C) groups is 1. The van der Waals surface area contributed by atoms with Crippen LogP contribution in [0.4, 0.5) is 0 Å². The average Bonchev–Trinajstić information content (AvgIpc) is 3.07. The molecule has 0 spiro atoms. The van der Waals surface area contributed by atoms with Crippen molar-refractivity contribution in [3.63, 3.8) is 0 Å². The van der Waals surface area contributed by atoms with Gasteiger partial charge in [-0.1, -0.05) is 30.3 Å². The second-order valence-electron chi connectivity index (χ2n) is 7.04. The van der Waals surface area contributed by atoms with Crippen molar-refractivity contribution in [1.82, 2.24) is 15.6 Å². The molecule has 0 aliphatic carbocycles. The average molecular weight is 380 g/mol. The van der Waals surface area contributed by atoms with Gasteiger partial charge in [0, 0.05) is 18.9 Å². The third-order valence-electron chi connectivity index (χ3n) is 4.90. The molecule has 0 radical (unpaired) electrons. The van der Waals surface area contributed by atoms with Crippen LogP contribution in [-0.4, -0.2) is 49.7 Å². The van der Waals surface area contributed by atoms with Crippen molar-refractivity contribution in [3.05, 3.63) is 65.0 Å². The number of aromatic nitrogens is 1. The Hall–Kier alpha value is -2.77. The first-order valence-corrected chi connectivity index (χ1v) is 9.43. The van der Waals surface area contributed by atoms with E-state index in [9.17, 15) is 4.79 Å². The van der Waals surface area contributed by atoms with Crippen molar-refractivity contribution >= 4 is 11.7 Å². The molecular weight excluding hydrogens is 356 g/mol. The van der Waals surface area contributed by atoms with Crippen LogP contribution < -0.4 is 10.6 Å². The van der Waals surface area contributed by atoms with Crippen LogP contribution in [0.5, 0.6) is 0 Å². The van der Waals surface area contributed by atoms with Crippen LogP contribution in [0, 0.1) is 0 Å². The lowest BCUT2D eigenvalue weighted by molar-refractivity contribution is -0.121. The number of nitrogens with one attached hydrogen (secondary N) is 2. The molecule has 1 saturated heterocycles. The summed E-state index contributed by atoms with van der Waals surface area (Å²) in [5, 5.41) is 6.42. The van der Waals surface area contributed by atoms with Gasteiger partial charge in [0.2, 0.25) is 5.91 Å². The van der Waals surface area contributed by atoms with Gasteiger partial charge in [0.1, 0.15) is 5.84 Å². The molecule has 2 aliphatic heterocycles. The summed E-state index contributed by atoms with van der Waals surface area (Å²) in [4.78, 5) is 21.6. The molecule has 2 N–H and O–H groups in total. The molecule has 1 aromatic carbocycles. The lowest BCUT2D eigenvalue weighted by Crippen LogP contribution is -2.48. The molecule has 1 aromatic heterocycles. The van der Waals surface area contributed by atoms with Gasteiger partial charge >= 0.3 is 0 Å². The summed E-state index contributed by atoms with van der Waals surface area (Å²) in [6.07, 6.45) is 2.03. The van der Waals surface area contributed by atoms with Gasteiger partial charge in [-0.2, -0.15) is 0 Å². The highest BCUT2D eigenvalue weighted by Crippen LogP contribution is 2.19. The number of pyridine rings is 1. The molecule has 1 fully saturated rings. The van der Waals surface area contributed by atoms with Crippen LogP contribution in [0.3, 0.4) is 0 Å². The molecule has 146 valence electrons. The summed E-state index contributed by atoms with van der Waals surface area (Å²) in [5.41, 5.74) is 3.86. The molecule has 0 bridgehead atoms. The van der Waals surface area contributed by atoms with E-state index in [2.05, 4.69) is 20.6 Å². The minimum absolute atomic E-state index is 0.0813. The summed E-state index contributed by atoms with van der Waals surface area (Å²) in [7, 11) is 1.63. The zero-order valence-electron chi connectivity index (χ0n) is 15.9. The second kappa shape index (κ2) is 8.50. The van der Waals surface area contributed by atoms with Crippen molar-refractivity contribution < 1.29 is 14.3 Å². The van der Waals surface area contributed by atoms with Crippen LogP contribution in [0.25, 0.3) is 0 Å². The molecule has 1 amide bonds. The molecule has 2 aliphatic rings. The van der Waals surface area contributed by atoms with Gasteiger partial charge in [0.25, 0.3) is 0 Å². The molecule has 3 heterocycles. The van der Waals surface area contributed by atoms with E-state index in [1.165, 1.54) is 0 Å². The Morgan fingerprint density at radius 2 is 2.14 bits per heavy atom. The molecule has 0 unspecified atom stereocenters. The maximum atomic E-state index is 12.6. The minimum Gasteiger partial charge on any atom is -0.382 e. The molecule has 1 atom stereocenters. The van der Waals surface area contributed by atoms with E-state index >= 15 is 0 Å². The number of rotatable bonds is 7. The summed E-state index contributed by atoms with van der Waals surface area (Å²) in [6, 6.07) is 11.9. The van der Waals surface area contributed by atoms with Gasteiger partial charge in [-0.15, -0.1) is 0 Å². The Kier molecular flexibility index (Phi) is 5.64. The number of ether oxygens (including phenoxy) is 2. The quantitative estimate of drug-likeness (QED) is 0.758. The van der Waals surface area contributed by atoms with E-state index in [0.717, 1.165) is 28.2 Å². The first kappa shape index (κ1) is 18.6. The van der Waals surface area contributed by atoms with E-state index in [1.807, 2.05) is 36.4 Å². The summed E-state index contributed by atoms with van der Waals surface area (Å²) in [6.45, 7) is 2.45. The highest BCUT2D eigenvalue weighted by atomic mass is 16.5. The summed E-state index contributed by atoms with van der Waals surface area (Å²) < 4.78 is 10.5. The largest absolute Gasteiger partial charge is 0.382 e. The Morgan fingerprint density at radius 1 is 1.32 bits per heavy atom. The molecule has 0 saturated carbocycles. The third-order valence-corrected chi connectivity index (χ3v) is 4.90. The fraction of sp³-hybridized carbons (Fsp3) is 0.381. The van der Waals surface area contributed by atoms with Gasteiger partial charge in [0.15, 0.2) is 0 Å². The summed E-state index contributed by atoms with van der Waals surface area (Å²) in [5.74, 6) is 0.790. The minimum atomic E-state index is -0.183. The van der Waals surface area contributed by atoms with Crippen LogP contribution in [0.1, 0.15) is 28.4 Å². The smallest absolute Gasteiger partial charge is 0.226 e. The zero-order chi connectivity index (χ0) is 19.3. The number of nitrogens with zero attached hydrogens (tertiary/aromatic N) is 2. The van der Waals surface area contributed by atoms with E-state index in [0.29, 0.717) is 32.4 Å². The highest BCUT2D eigenvalue weighted by Gasteiger charge is 2.24. The monoisotopic (exact) mass is 380 g/mol. The van der Waals surface area contributed by atoms with E-state index in [1.54, 1.807) is 13.3 Å². The standard InChI is InChI=1S/C21H24N4O3/c1-27-13-19(14-5-3-2-4-6-14)25-20(26)8-16-7-15-9-23-21(18(15)10-22-16)24-17-11-28-12-17/h2-7,10,17,19H,8-9,11-13H2,1H3,(H,23,24)(H,25,26)/t19-/m1/s1. The first-order valence-electron chi connectivity index (χ1n) is 9.43. The Bertz CT molecular complexity index is 865. The fourth-order valence-corrected chi connectivity index (χ4v) is 3.36. The van der Waals surface area contributed by atoms with Crippen LogP contribution >= 0.6 is 0 Å². The van der Waals surface area contributed by atoms with Crippen molar-refractivity contribution in [1.29, 1.82) is 0 Å². The van der Waals surface area contributed by atoms with Gasteiger partial charge in [0.05, 0.1) is 50.6 Å². The number of amidine groups is 1. The molecular formula is C21H24N4O3. The summed E-state index contributed by atoms with van der Waals surface area (Å²) >= 11 is 0. The number of carbonyl (C=O) groups is 1.